The summed E-state index contributed by atoms with van der Waals surface area (Å²) >= 11 is 8.87. The molecule has 5 nitrogen and oxygen atoms in total. The smallest absolute Gasteiger partial charge is 0.243 e. The number of ether oxygens (including phenoxy) is 1. The summed E-state index contributed by atoms with van der Waals surface area (Å²) in [5.41, 5.74) is 5.19. The molecule has 1 aromatic rings. The Hall–Kier alpha value is -0.410. The summed E-state index contributed by atoms with van der Waals surface area (Å²) in [6, 6.07) is 0.740. The lowest BCUT2D eigenvalue weighted by Gasteiger charge is -2.27. The Bertz CT molecular complexity index is 656. The van der Waals surface area contributed by atoms with Gasteiger partial charge in [-0.05, 0) is 41.8 Å². The van der Waals surface area contributed by atoms with Crippen molar-refractivity contribution in [3.8, 4) is 0 Å². The van der Waals surface area contributed by atoms with Crippen LogP contribution < -0.4 is 10.5 Å². The van der Waals surface area contributed by atoms with Gasteiger partial charge in [0.1, 0.15) is 4.90 Å². The number of sulfonamides is 1. The van der Waals surface area contributed by atoms with Gasteiger partial charge < -0.3 is 10.5 Å². The monoisotopic (exact) mass is 400 g/mol. The first kappa shape index (κ1) is 17.0. The number of anilines is 1. The summed E-state index contributed by atoms with van der Waals surface area (Å²) in [5.74, 6) is -1.01. The Kier molecular flexibility index (Phi) is 5.15. The van der Waals surface area contributed by atoms with Crippen LogP contribution in [-0.2, 0) is 14.8 Å². The molecule has 2 unspecified atom stereocenters. The van der Waals surface area contributed by atoms with Gasteiger partial charge in [0.05, 0.1) is 21.3 Å². The predicted molar refractivity (Wildman–Crippen MR) is 82.3 cm³/mol. The molecule has 1 aliphatic heterocycles. The minimum absolute atomic E-state index is 0.0367. The molecule has 1 heterocycles. The lowest BCUT2D eigenvalue weighted by molar-refractivity contribution is 0.0173. The number of halogens is 3. The van der Waals surface area contributed by atoms with Gasteiger partial charge >= 0.3 is 0 Å². The van der Waals surface area contributed by atoms with Crippen LogP contribution >= 0.6 is 27.5 Å². The molecule has 0 amide bonds. The molecule has 1 aromatic carbocycles. The second-order valence-electron chi connectivity index (χ2n) is 4.92. The van der Waals surface area contributed by atoms with Crippen LogP contribution in [0.3, 0.4) is 0 Å². The molecule has 1 aliphatic rings. The number of rotatable bonds is 3. The Morgan fingerprint density at radius 2 is 2.24 bits per heavy atom. The van der Waals surface area contributed by atoms with Crippen LogP contribution in [0.4, 0.5) is 10.1 Å². The van der Waals surface area contributed by atoms with E-state index in [1.165, 1.54) is 0 Å². The van der Waals surface area contributed by atoms with Gasteiger partial charge in [-0.25, -0.2) is 17.5 Å². The molecule has 118 valence electrons. The minimum atomic E-state index is -4.04. The van der Waals surface area contributed by atoms with Crippen molar-refractivity contribution in [2.75, 3.05) is 12.3 Å². The third-order valence-electron chi connectivity index (χ3n) is 3.25. The first-order valence-electron chi connectivity index (χ1n) is 6.29. The molecule has 21 heavy (non-hydrogen) atoms. The number of hydrogen-bond donors (Lipinski definition) is 2. The average Bonchev–Trinajstić information content (AvgIpc) is 2.40. The molecule has 0 radical (unpaired) electrons. The summed E-state index contributed by atoms with van der Waals surface area (Å²) in [7, 11) is -4.04. The molecule has 0 spiro atoms. The maximum Gasteiger partial charge on any atom is 0.243 e. The van der Waals surface area contributed by atoms with Crippen molar-refractivity contribution in [3.63, 3.8) is 0 Å². The van der Waals surface area contributed by atoms with Gasteiger partial charge in [-0.2, -0.15) is 0 Å². The average molecular weight is 402 g/mol. The number of hydrogen-bond acceptors (Lipinski definition) is 4. The molecule has 3 N–H and O–H groups in total. The second kappa shape index (κ2) is 6.37. The van der Waals surface area contributed by atoms with E-state index in [1.54, 1.807) is 0 Å². The standard InChI is InChI=1S/C12H15BrClFN2O3S/c1-6-4-7(2-3-20-6)17-21(18,19)9-5-8(14)10(13)12(16)11(9)15/h5-7,17H,2-4,16H2,1H3. The van der Waals surface area contributed by atoms with Crippen LogP contribution in [0.5, 0.6) is 0 Å². The van der Waals surface area contributed by atoms with Crippen molar-refractivity contribution in [1.29, 1.82) is 0 Å². The molecule has 0 aliphatic carbocycles. The topological polar surface area (TPSA) is 81.4 Å². The van der Waals surface area contributed by atoms with E-state index in [-0.39, 0.29) is 27.3 Å². The summed E-state index contributed by atoms with van der Waals surface area (Å²) in [6.07, 6.45) is 1.01. The summed E-state index contributed by atoms with van der Waals surface area (Å²) < 4.78 is 46.7. The molecule has 0 bridgehead atoms. The van der Waals surface area contributed by atoms with Gasteiger partial charge in [0.15, 0.2) is 5.82 Å². The molecule has 1 saturated heterocycles. The Labute approximate surface area is 136 Å². The van der Waals surface area contributed by atoms with Crippen LogP contribution in [0.25, 0.3) is 0 Å². The van der Waals surface area contributed by atoms with Gasteiger partial charge in [0, 0.05) is 12.6 Å². The highest BCUT2D eigenvalue weighted by atomic mass is 79.9. The largest absolute Gasteiger partial charge is 0.395 e. The number of nitrogens with two attached hydrogens (primary N) is 1. The quantitative estimate of drug-likeness (QED) is 0.603. The number of nitrogen functional groups attached to an aromatic ring is 1. The Morgan fingerprint density at radius 3 is 2.86 bits per heavy atom. The second-order valence-corrected chi connectivity index (χ2v) is 7.80. The van der Waals surface area contributed by atoms with Crippen LogP contribution in [0.15, 0.2) is 15.4 Å². The van der Waals surface area contributed by atoms with E-state index in [1.807, 2.05) is 6.92 Å². The molecule has 2 rings (SSSR count). The lowest BCUT2D eigenvalue weighted by Crippen LogP contribution is -2.41. The summed E-state index contributed by atoms with van der Waals surface area (Å²) in [6.45, 7) is 2.32. The lowest BCUT2D eigenvalue weighted by atomic mass is 10.1. The third kappa shape index (κ3) is 3.68. The van der Waals surface area contributed by atoms with Crippen molar-refractivity contribution >= 4 is 43.2 Å². The zero-order valence-electron chi connectivity index (χ0n) is 11.2. The van der Waals surface area contributed by atoms with Gasteiger partial charge in [-0.15, -0.1) is 0 Å². The van der Waals surface area contributed by atoms with Crippen LogP contribution in [0, 0.1) is 5.82 Å². The molecule has 0 aromatic heterocycles. The number of benzene rings is 1. The SMILES string of the molecule is CC1CC(NS(=O)(=O)c2cc(Cl)c(Br)c(N)c2F)CCO1. The van der Waals surface area contributed by atoms with Gasteiger partial charge in [-0.1, -0.05) is 11.6 Å². The van der Waals surface area contributed by atoms with E-state index >= 15 is 0 Å². The highest BCUT2D eigenvalue weighted by Gasteiger charge is 2.29. The predicted octanol–water partition coefficient (Wildman–Crippen LogP) is 2.67. The van der Waals surface area contributed by atoms with E-state index in [4.69, 9.17) is 22.1 Å². The van der Waals surface area contributed by atoms with Gasteiger partial charge in [0.2, 0.25) is 10.0 Å². The van der Waals surface area contributed by atoms with E-state index in [2.05, 4.69) is 20.7 Å². The maximum atomic E-state index is 14.1. The normalized spacial score (nSPS) is 23.2. The molecular weight excluding hydrogens is 387 g/mol. The van der Waals surface area contributed by atoms with Crippen molar-refractivity contribution in [3.05, 3.63) is 21.4 Å². The van der Waals surface area contributed by atoms with Gasteiger partial charge in [0.25, 0.3) is 0 Å². The van der Waals surface area contributed by atoms with Crippen LogP contribution in [-0.4, -0.2) is 27.2 Å². The van der Waals surface area contributed by atoms with Crippen molar-refractivity contribution in [2.24, 2.45) is 0 Å². The maximum absolute atomic E-state index is 14.1. The Morgan fingerprint density at radius 1 is 1.57 bits per heavy atom. The van der Waals surface area contributed by atoms with E-state index in [0.717, 1.165) is 6.07 Å². The van der Waals surface area contributed by atoms with Crippen molar-refractivity contribution in [2.45, 2.75) is 36.8 Å². The molecule has 9 heteroatoms. The fourth-order valence-electron chi connectivity index (χ4n) is 2.18. The van der Waals surface area contributed by atoms with E-state index in [9.17, 15) is 12.8 Å². The Balaban J connectivity index is 2.32. The molecular formula is C12H15BrClFN2O3S. The highest BCUT2D eigenvalue weighted by Crippen LogP contribution is 2.34. The van der Waals surface area contributed by atoms with E-state index < -0.39 is 20.7 Å². The van der Waals surface area contributed by atoms with E-state index in [0.29, 0.717) is 19.4 Å². The van der Waals surface area contributed by atoms with Crippen molar-refractivity contribution < 1.29 is 17.5 Å². The zero-order chi connectivity index (χ0) is 15.8. The minimum Gasteiger partial charge on any atom is -0.395 e. The van der Waals surface area contributed by atoms with Gasteiger partial charge in [-0.3, -0.25) is 0 Å². The summed E-state index contributed by atoms with van der Waals surface area (Å²) in [5, 5.41) is 0.0367. The molecule has 0 saturated carbocycles. The molecule has 2 atom stereocenters. The first-order valence-corrected chi connectivity index (χ1v) is 8.94. The first-order chi connectivity index (χ1) is 9.72. The molecule has 1 fully saturated rings. The third-order valence-corrected chi connectivity index (χ3v) is 6.15. The zero-order valence-corrected chi connectivity index (χ0v) is 14.4. The summed E-state index contributed by atoms with van der Waals surface area (Å²) in [4.78, 5) is -0.549. The highest BCUT2D eigenvalue weighted by molar-refractivity contribution is 9.10. The fraction of sp³-hybridized carbons (Fsp3) is 0.500. The van der Waals surface area contributed by atoms with Crippen LogP contribution in [0.1, 0.15) is 19.8 Å². The number of nitrogens with one attached hydrogen (secondary N) is 1. The fourth-order valence-corrected chi connectivity index (χ4v) is 4.15. The van der Waals surface area contributed by atoms with Crippen LogP contribution in [0.2, 0.25) is 5.02 Å². The van der Waals surface area contributed by atoms with Crippen molar-refractivity contribution in [1.82, 2.24) is 4.72 Å².